The lowest BCUT2D eigenvalue weighted by Gasteiger charge is -2.67. The van der Waals surface area contributed by atoms with Gasteiger partial charge in [0, 0.05) is 18.8 Å². The first-order chi connectivity index (χ1) is 25.2. The number of hydrogen-bond acceptors (Lipinski definition) is 3. The fraction of sp³-hybridized carbons (Fsp3) is 0.542. The van der Waals surface area contributed by atoms with Crippen molar-refractivity contribution < 1.29 is 14.3 Å². The van der Waals surface area contributed by atoms with Crippen LogP contribution in [-0.2, 0) is 14.3 Å². The van der Waals surface area contributed by atoms with Gasteiger partial charge in [0.15, 0.2) is 5.78 Å². The van der Waals surface area contributed by atoms with Crippen molar-refractivity contribution in [3.05, 3.63) is 102 Å². The molecule has 0 aromatic heterocycles. The van der Waals surface area contributed by atoms with Crippen LogP contribution in [0, 0.1) is 57.8 Å². The number of rotatable bonds is 8. The zero-order chi connectivity index (χ0) is 37.8. The van der Waals surface area contributed by atoms with Crippen LogP contribution in [0.4, 0.5) is 0 Å². The van der Waals surface area contributed by atoms with Crippen molar-refractivity contribution in [2.75, 3.05) is 0 Å². The lowest BCUT2D eigenvalue weighted by atomic mass is 9.38. The molecule has 5 heteroatoms. The molecule has 4 fully saturated rings. The van der Waals surface area contributed by atoms with E-state index in [0.29, 0.717) is 35.5 Å². The maximum absolute atomic E-state index is 15.0. The van der Waals surface area contributed by atoms with Gasteiger partial charge in [0.1, 0.15) is 6.10 Å². The van der Waals surface area contributed by atoms with E-state index < -0.39 is 6.89 Å². The smallest absolute Gasteiger partial charge is 0.302 e. The minimum absolute atomic E-state index is 0.00248. The van der Waals surface area contributed by atoms with E-state index in [-0.39, 0.29) is 45.4 Å². The molecule has 0 N–H and O–H groups in total. The summed E-state index contributed by atoms with van der Waals surface area (Å²) in [6, 6.07) is 31.0. The van der Waals surface area contributed by atoms with Gasteiger partial charge in [-0.15, -0.1) is 0 Å². The van der Waals surface area contributed by atoms with Crippen LogP contribution >= 0.6 is 6.89 Å². The average molecular weight is 730 g/mol. The summed E-state index contributed by atoms with van der Waals surface area (Å²) in [6.07, 6.45) is 9.71. The molecule has 4 nitrogen and oxygen atoms in total. The van der Waals surface area contributed by atoms with Crippen LogP contribution in [0.1, 0.15) is 106 Å². The van der Waals surface area contributed by atoms with Gasteiger partial charge in [0.2, 0.25) is 5.42 Å². The minimum atomic E-state index is -2.75. The Hall–Kier alpha value is -3.41. The van der Waals surface area contributed by atoms with Crippen LogP contribution in [0.25, 0.3) is 4.85 Å². The van der Waals surface area contributed by atoms with Crippen LogP contribution in [-0.4, -0.2) is 23.3 Å². The summed E-state index contributed by atoms with van der Waals surface area (Å²) >= 11 is 0. The largest absolute Gasteiger partial charge is 0.462 e. The number of hydrogen-bond donors (Lipinski definition) is 0. The molecule has 3 aromatic rings. The summed E-state index contributed by atoms with van der Waals surface area (Å²) < 4.78 is 5.95. The molecular formula is C48H60NO3P. The van der Waals surface area contributed by atoms with Gasteiger partial charge >= 0.3 is 5.97 Å². The van der Waals surface area contributed by atoms with E-state index in [1.165, 1.54) is 32.1 Å². The number of ether oxygens (including phenoxy) is 1. The molecule has 0 saturated heterocycles. The number of nitrogens with zero attached hydrogens (tertiary/aromatic N) is 1. The second-order valence-electron chi connectivity index (χ2n) is 18.5. The van der Waals surface area contributed by atoms with Gasteiger partial charge in [0.25, 0.3) is 0 Å². The highest BCUT2D eigenvalue weighted by molar-refractivity contribution is 7.96. The molecule has 3 aromatic carbocycles. The summed E-state index contributed by atoms with van der Waals surface area (Å²) in [5.74, 6) is 2.35. The molecule has 7 rings (SSSR count). The number of benzene rings is 3. The van der Waals surface area contributed by atoms with Crippen LogP contribution < -0.4 is 15.9 Å². The molecule has 0 radical (unpaired) electrons. The quantitative estimate of drug-likeness (QED) is 0.132. The average Bonchev–Trinajstić information content (AvgIpc) is 3.43. The molecule has 4 saturated carbocycles. The van der Waals surface area contributed by atoms with Crippen molar-refractivity contribution in [2.24, 2.45) is 51.2 Å². The summed E-state index contributed by atoms with van der Waals surface area (Å²) in [4.78, 5) is 31.3. The summed E-state index contributed by atoms with van der Waals surface area (Å²) in [6.45, 7) is 22.3. The van der Waals surface area contributed by atoms with Gasteiger partial charge in [-0.25, -0.2) is 4.85 Å². The number of ketones is 1. The predicted molar refractivity (Wildman–Crippen MR) is 220 cm³/mol. The molecule has 53 heavy (non-hydrogen) atoms. The van der Waals surface area contributed by atoms with Crippen LogP contribution in [0.5, 0.6) is 0 Å². The molecule has 0 amide bonds. The Morgan fingerprint density at radius 3 is 1.77 bits per heavy atom. The summed E-state index contributed by atoms with van der Waals surface area (Å²) in [5, 5.41) is 3.16. The highest BCUT2D eigenvalue weighted by atomic mass is 31.2. The fourth-order valence-corrected chi connectivity index (χ4v) is 17.6. The van der Waals surface area contributed by atoms with E-state index in [4.69, 9.17) is 11.3 Å². The summed E-state index contributed by atoms with van der Waals surface area (Å²) in [5.41, 5.74) is 0.966. The fourth-order valence-electron chi connectivity index (χ4n) is 13.5. The predicted octanol–water partition coefficient (Wildman–Crippen LogP) is 10.2. The topological polar surface area (TPSA) is 47.7 Å². The van der Waals surface area contributed by atoms with E-state index in [1.54, 1.807) is 6.92 Å². The first-order valence-electron chi connectivity index (χ1n) is 20.3. The Bertz CT molecular complexity index is 1830. The van der Waals surface area contributed by atoms with E-state index in [1.807, 2.05) is 54.6 Å². The number of Topliss-reactive ketones (excluding diaryl/α,β-unsaturated/α-hetero) is 1. The third kappa shape index (κ3) is 5.82. The Labute approximate surface area is 319 Å². The Morgan fingerprint density at radius 2 is 1.26 bits per heavy atom. The number of esters is 1. The Kier molecular flexibility index (Phi) is 10.0. The zero-order valence-electron chi connectivity index (χ0n) is 33.1. The molecule has 9 atom stereocenters. The molecule has 4 aliphatic carbocycles. The summed E-state index contributed by atoms with van der Waals surface area (Å²) in [7, 11) is 0. The standard InChI is InChI=1S/C48H60NO3P/c1-33(32-41(51)44(49-8)53(35-18-12-9-13-19-35,36-20-14-10-15-21-36)37-22-16-11-17-23-37)38-26-30-48(7)40-24-25-42-45(3,4)43(52-34(2)50)28-29-46(42,5)39(40)27-31-47(38,48)6/h9-23,33,38-40,42-43H,24-32H2,1-7H3/t33-,38-,39?,40?,42?,43+,46-,47-,48+/m1/s1. The molecule has 280 valence electrons. The van der Waals surface area contributed by atoms with Crippen LogP contribution in [0.3, 0.4) is 0 Å². The second kappa shape index (κ2) is 14.0. The number of fused-ring (bicyclic) bond motifs is 5. The maximum Gasteiger partial charge on any atom is 0.302 e. The molecule has 4 aliphatic rings. The van der Waals surface area contributed by atoms with Gasteiger partial charge in [0.05, 0.1) is 6.57 Å². The second-order valence-corrected chi connectivity index (χ2v) is 21.9. The maximum atomic E-state index is 15.0. The Morgan fingerprint density at radius 1 is 0.736 bits per heavy atom. The zero-order valence-corrected chi connectivity index (χ0v) is 34.0. The lowest BCUT2D eigenvalue weighted by molar-refractivity contribution is -0.209. The highest BCUT2D eigenvalue weighted by Crippen LogP contribution is 2.75. The number of carbonyl (C=O) groups excluding carboxylic acids is 2. The molecule has 0 heterocycles. The number of carbonyl (C=O) groups is 2. The van der Waals surface area contributed by atoms with Gasteiger partial charge in [-0.05, 0) is 120 Å². The first-order valence-corrected chi connectivity index (χ1v) is 22.1. The van der Waals surface area contributed by atoms with Crippen molar-refractivity contribution >= 4 is 40.0 Å². The first kappa shape index (κ1) is 37.9. The minimum Gasteiger partial charge on any atom is -0.462 e. The molecular weight excluding hydrogens is 670 g/mol. The Balaban J connectivity index is 1.21. The van der Waals surface area contributed by atoms with E-state index in [0.717, 1.165) is 35.2 Å². The van der Waals surface area contributed by atoms with E-state index in [9.17, 15) is 9.59 Å². The van der Waals surface area contributed by atoms with Crippen molar-refractivity contribution in [3.8, 4) is 0 Å². The van der Waals surface area contributed by atoms with Crippen molar-refractivity contribution in [1.29, 1.82) is 0 Å². The van der Waals surface area contributed by atoms with Gasteiger partial charge < -0.3 is 9.53 Å². The van der Waals surface area contributed by atoms with Crippen LogP contribution in [0.15, 0.2) is 91.0 Å². The lowest BCUT2D eigenvalue weighted by Crippen LogP contribution is -2.62. The van der Waals surface area contributed by atoms with E-state index in [2.05, 4.69) is 82.8 Å². The van der Waals surface area contributed by atoms with Crippen molar-refractivity contribution in [2.45, 2.75) is 112 Å². The molecule has 0 spiro atoms. The molecule has 0 bridgehead atoms. The van der Waals surface area contributed by atoms with Gasteiger partial charge in [-0.3, -0.25) is 4.79 Å². The van der Waals surface area contributed by atoms with E-state index >= 15 is 0 Å². The molecule has 3 unspecified atom stereocenters. The molecule has 0 aliphatic heterocycles. The van der Waals surface area contributed by atoms with Crippen molar-refractivity contribution in [1.82, 2.24) is 0 Å². The van der Waals surface area contributed by atoms with Gasteiger partial charge in [-0.1, -0.05) is 133 Å². The monoisotopic (exact) mass is 729 g/mol. The normalized spacial score (nSPS) is 33.7. The van der Waals surface area contributed by atoms with Crippen molar-refractivity contribution in [3.63, 3.8) is 0 Å². The van der Waals surface area contributed by atoms with Crippen LogP contribution in [0.2, 0.25) is 0 Å². The highest BCUT2D eigenvalue weighted by Gasteiger charge is 2.68. The third-order valence-electron chi connectivity index (χ3n) is 16.1. The van der Waals surface area contributed by atoms with Gasteiger partial charge in [-0.2, -0.15) is 0 Å². The SMILES string of the molecule is [C-]#[N+]C(C(=O)C[C@@H](C)[C@H]1CC[C@@]2(C)C3CCC4C(C)(C)[C@@H](OC(C)=O)CC[C@]4(C)C3CC[C@]12C)=P(c1ccccc1)(c1ccccc1)c1ccccc1. The third-order valence-corrected chi connectivity index (χ3v) is 20.3.